The predicted octanol–water partition coefficient (Wildman–Crippen LogP) is -7.02. The molecule has 1 saturated heterocycles. The first-order valence-electron chi connectivity index (χ1n) is 7.15. The Kier molecular flexibility index (Phi) is 11.3. The van der Waals surface area contributed by atoms with Crippen LogP contribution in [0.15, 0.2) is 12.7 Å². The molecule has 5 atom stereocenters. The molecule has 0 bridgehead atoms. The molecular formula is C10H18KN5O12P2. The summed E-state index contributed by atoms with van der Waals surface area (Å²) < 4.78 is 36.6. The standard InChI is InChI=1S/C10H14N5O10P2.K.2H2O/c11-8-5-9(13-2-12-8)15(3-14-5)10-7(17)6(16)4(24-10)1-23-27(21,22)25-26(18,19)20;;;/h2-4,6-7,10,17H,1H2,(H,21,22)(H2,11,12,13)(H2,18,19,20);;2*1H2/q-1;+1;;. The van der Waals surface area contributed by atoms with Crippen LogP contribution in [0.1, 0.15) is 6.23 Å². The van der Waals surface area contributed by atoms with Crippen LogP contribution in [-0.2, 0) is 22.7 Å². The van der Waals surface area contributed by atoms with Gasteiger partial charge in [0.25, 0.3) is 0 Å². The van der Waals surface area contributed by atoms with E-state index in [9.17, 15) is 24.2 Å². The number of ether oxygens (including phenoxy) is 1. The molecule has 0 aromatic carbocycles. The third-order valence-corrected chi connectivity index (χ3v) is 5.73. The van der Waals surface area contributed by atoms with E-state index in [1.54, 1.807) is 0 Å². The van der Waals surface area contributed by atoms with Crippen molar-refractivity contribution in [2.24, 2.45) is 0 Å². The Hall–Kier alpha value is 0.0464. The Morgan fingerprint density at radius 2 is 1.87 bits per heavy atom. The molecule has 1 aliphatic rings. The van der Waals surface area contributed by atoms with Gasteiger partial charge in [0, 0.05) is 0 Å². The second kappa shape index (κ2) is 11.3. The van der Waals surface area contributed by atoms with Crippen molar-refractivity contribution in [2.75, 3.05) is 12.3 Å². The molecule has 2 aromatic rings. The summed E-state index contributed by atoms with van der Waals surface area (Å²) in [5.41, 5.74) is 6.05. The minimum Gasteiger partial charge on any atom is -0.848 e. The van der Waals surface area contributed by atoms with Crippen molar-refractivity contribution >= 4 is 32.6 Å². The van der Waals surface area contributed by atoms with Crippen LogP contribution in [0.3, 0.4) is 0 Å². The molecule has 10 N–H and O–H groups in total. The van der Waals surface area contributed by atoms with E-state index in [2.05, 4.69) is 23.8 Å². The van der Waals surface area contributed by atoms with Crippen LogP contribution < -0.4 is 62.2 Å². The number of phosphoric acid groups is 2. The number of anilines is 1. The minimum atomic E-state index is -5.30. The van der Waals surface area contributed by atoms with Crippen LogP contribution in [0.2, 0.25) is 0 Å². The van der Waals surface area contributed by atoms with Gasteiger partial charge in [-0.15, -0.1) is 0 Å². The summed E-state index contributed by atoms with van der Waals surface area (Å²) in [6.45, 7) is -0.876. The van der Waals surface area contributed by atoms with Gasteiger partial charge in [-0.2, -0.15) is 4.31 Å². The fourth-order valence-corrected chi connectivity index (χ4v) is 4.06. The van der Waals surface area contributed by atoms with Crippen molar-refractivity contribution in [3.05, 3.63) is 12.7 Å². The van der Waals surface area contributed by atoms with Gasteiger partial charge in [-0.1, -0.05) is 6.10 Å². The molecular weight excluding hydrogens is 483 g/mol. The molecule has 20 heteroatoms. The molecule has 3 heterocycles. The number of nitrogen functional groups attached to an aromatic ring is 1. The van der Waals surface area contributed by atoms with Crippen LogP contribution >= 0.6 is 15.6 Å². The summed E-state index contributed by atoms with van der Waals surface area (Å²) in [5, 5.41) is 22.3. The molecule has 3 rings (SSSR count). The second-order valence-corrected chi connectivity index (χ2v) is 8.27. The average molecular weight is 501 g/mol. The van der Waals surface area contributed by atoms with Gasteiger partial charge in [-0.3, -0.25) is 9.09 Å². The Balaban J connectivity index is 0.00000280. The van der Waals surface area contributed by atoms with Crippen molar-refractivity contribution < 1.29 is 110 Å². The molecule has 30 heavy (non-hydrogen) atoms. The van der Waals surface area contributed by atoms with Crippen molar-refractivity contribution in [3.63, 3.8) is 0 Å². The number of imidazole rings is 1. The monoisotopic (exact) mass is 501 g/mol. The first-order chi connectivity index (χ1) is 12.5. The number of aromatic nitrogens is 4. The number of phosphoric ester groups is 1. The first-order valence-corrected chi connectivity index (χ1v) is 10.2. The van der Waals surface area contributed by atoms with Crippen molar-refractivity contribution in [1.82, 2.24) is 19.5 Å². The summed E-state index contributed by atoms with van der Waals surface area (Å²) in [7, 11) is -10.5. The van der Waals surface area contributed by atoms with Gasteiger partial charge >= 0.3 is 67.0 Å². The third kappa shape index (κ3) is 6.77. The number of fused-ring (bicyclic) bond motifs is 1. The van der Waals surface area contributed by atoms with Gasteiger partial charge in [-0.25, -0.2) is 24.1 Å². The topological polar surface area (TPSA) is 298 Å². The van der Waals surface area contributed by atoms with E-state index in [4.69, 9.17) is 20.3 Å². The Bertz CT molecular complexity index is 941. The zero-order chi connectivity index (χ0) is 20.0. The van der Waals surface area contributed by atoms with Gasteiger partial charge in [0.05, 0.1) is 25.1 Å². The van der Waals surface area contributed by atoms with E-state index in [1.165, 1.54) is 10.9 Å². The predicted molar refractivity (Wildman–Crippen MR) is 89.6 cm³/mol. The van der Waals surface area contributed by atoms with Gasteiger partial charge in [0.2, 0.25) is 0 Å². The molecule has 0 aliphatic carbocycles. The van der Waals surface area contributed by atoms with Gasteiger partial charge < -0.3 is 46.3 Å². The summed E-state index contributed by atoms with van der Waals surface area (Å²) in [4.78, 5) is 38.0. The summed E-state index contributed by atoms with van der Waals surface area (Å²) in [6, 6.07) is 0. The van der Waals surface area contributed by atoms with E-state index in [1.807, 2.05) is 0 Å². The van der Waals surface area contributed by atoms with Crippen molar-refractivity contribution in [1.29, 1.82) is 0 Å². The number of nitrogens with zero attached hydrogens (tertiary/aromatic N) is 4. The number of aliphatic hydroxyl groups excluding tert-OH is 1. The van der Waals surface area contributed by atoms with E-state index in [0.717, 1.165) is 6.33 Å². The molecule has 166 valence electrons. The molecule has 0 spiro atoms. The maximum Gasteiger partial charge on any atom is 1.00 e. The third-order valence-electron chi connectivity index (χ3n) is 3.58. The van der Waals surface area contributed by atoms with Gasteiger partial charge in [0.15, 0.2) is 17.7 Å². The molecule has 0 saturated carbocycles. The summed E-state index contributed by atoms with van der Waals surface area (Å²) in [5.74, 6) is 0.0700. The molecule has 2 aromatic heterocycles. The van der Waals surface area contributed by atoms with Crippen LogP contribution in [0, 0.1) is 0 Å². The number of nitrogens with two attached hydrogens (primary N) is 1. The molecule has 0 amide bonds. The van der Waals surface area contributed by atoms with Crippen molar-refractivity contribution in [2.45, 2.75) is 24.5 Å². The van der Waals surface area contributed by atoms with E-state index >= 15 is 0 Å². The SMILES string of the molecule is Nc1ncnc2c1ncn2C1OC(COP(=O)(O)OP(=O)(O)O)C([O-])C1O.O.O.[K+]. The van der Waals surface area contributed by atoms with E-state index in [-0.39, 0.29) is 79.3 Å². The maximum atomic E-state index is 12.2. The van der Waals surface area contributed by atoms with Crippen LogP contribution in [0.25, 0.3) is 11.2 Å². The largest absolute Gasteiger partial charge is 1.00 e. The van der Waals surface area contributed by atoms with E-state index in [0.29, 0.717) is 0 Å². The smallest absolute Gasteiger partial charge is 0.848 e. The fourth-order valence-electron chi connectivity index (χ4n) is 2.47. The van der Waals surface area contributed by atoms with Crippen LogP contribution in [-0.4, -0.2) is 75.2 Å². The Morgan fingerprint density at radius 1 is 1.23 bits per heavy atom. The number of rotatable bonds is 6. The van der Waals surface area contributed by atoms with Crippen molar-refractivity contribution in [3.8, 4) is 0 Å². The molecule has 0 radical (unpaired) electrons. The molecule has 5 unspecified atom stereocenters. The number of hydrogen-bond acceptors (Lipinski definition) is 11. The second-order valence-electron chi connectivity index (χ2n) is 5.44. The molecule has 1 aliphatic heterocycles. The molecule has 17 nitrogen and oxygen atoms in total. The first kappa shape index (κ1) is 30.0. The quantitative estimate of drug-likeness (QED) is 0.181. The zero-order valence-corrected chi connectivity index (χ0v) is 20.1. The summed E-state index contributed by atoms with van der Waals surface area (Å²) in [6.07, 6.45) is -3.78. The van der Waals surface area contributed by atoms with Gasteiger partial charge in [0.1, 0.15) is 11.8 Å². The van der Waals surface area contributed by atoms with Crippen LogP contribution in [0.4, 0.5) is 5.82 Å². The summed E-state index contributed by atoms with van der Waals surface area (Å²) >= 11 is 0. The molecule has 1 fully saturated rings. The number of aliphatic hydroxyl groups is 1. The van der Waals surface area contributed by atoms with Gasteiger partial charge in [-0.05, 0) is 0 Å². The van der Waals surface area contributed by atoms with E-state index < -0.39 is 46.8 Å². The minimum absolute atomic E-state index is 0. The Morgan fingerprint density at radius 3 is 2.47 bits per heavy atom. The zero-order valence-electron chi connectivity index (χ0n) is 15.2. The maximum absolute atomic E-state index is 12.2. The fraction of sp³-hybridized carbons (Fsp3) is 0.500. The van der Waals surface area contributed by atoms with Crippen LogP contribution in [0.5, 0.6) is 0 Å². The average Bonchev–Trinajstić information content (AvgIpc) is 3.07. The normalized spacial score (nSPS) is 25.6. The number of hydrogen-bond donors (Lipinski definition) is 5. The Labute approximate surface area is 210 Å².